The number of ether oxygens (including phenoxy) is 2. The lowest BCUT2D eigenvalue weighted by Gasteiger charge is -2.35. The van der Waals surface area contributed by atoms with Gasteiger partial charge in [0.1, 0.15) is 17.2 Å². The Morgan fingerprint density at radius 3 is 1.00 bits per heavy atom. The van der Waals surface area contributed by atoms with Gasteiger partial charge in [-0.05, 0) is 97.5 Å². The number of phenols is 3. The lowest BCUT2D eigenvalue weighted by Crippen LogP contribution is -2.27. The van der Waals surface area contributed by atoms with Crippen LogP contribution in [0.2, 0.25) is 0 Å². The average molecular weight is 535 g/mol. The van der Waals surface area contributed by atoms with Crippen molar-refractivity contribution in [2.24, 2.45) is 0 Å². The van der Waals surface area contributed by atoms with E-state index in [1.165, 1.54) is 0 Å². The zero-order valence-electron chi connectivity index (χ0n) is 24.8. The van der Waals surface area contributed by atoms with Crippen LogP contribution in [0.1, 0.15) is 98.5 Å². The highest BCUT2D eigenvalue weighted by molar-refractivity contribution is 5.59. The molecule has 3 rings (SSSR count). The summed E-state index contributed by atoms with van der Waals surface area (Å²) in [5, 5.41) is 33.0. The predicted octanol–water partition coefficient (Wildman–Crippen LogP) is 7.48. The van der Waals surface area contributed by atoms with Gasteiger partial charge < -0.3 is 24.8 Å². The van der Waals surface area contributed by atoms with Crippen molar-refractivity contribution >= 4 is 0 Å². The fraction of sp³-hybridized carbons (Fsp3) is 0.471. The molecule has 0 aromatic heterocycles. The Balaban J connectivity index is 2.45. The smallest absolute Gasteiger partial charge is 0.124 e. The van der Waals surface area contributed by atoms with E-state index in [1.54, 1.807) is 0 Å². The van der Waals surface area contributed by atoms with Gasteiger partial charge in [0.05, 0.1) is 13.2 Å². The molecule has 0 aliphatic heterocycles. The van der Waals surface area contributed by atoms with E-state index in [-0.39, 0.29) is 11.5 Å². The van der Waals surface area contributed by atoms with Crippen molar-refractivity contribution in [2.45, 2.75) is 92.8 Å². The Kier molecular flexibility index (Phi) is 10.5. The van der Waals surface area contributed by atoms with Gasteiger partial charge in [0.15, 0.2) is 0 Å². The summed E-state index contributed by atoms with van der Waals surface area (Å²) in [4.78, 5) is 0. The quantitative estimate of drug-likeness (QED) is 0.198. The molecule has 5 nitrogen and oxygen atoms in total. The number of rotatable bonds is 13. The zero-order valence-corrected chi connectivity index (χ0v) is 24.8. The van der Waals surface area contributed by atoms with Crippen LogP contribution in [0.25, 0.3) is 0 Å². The highest BCUT2D eigenvalue weighted by Gasteiger charge is 2.35. The maximum atomic E-state index is 11.0. The van der Waals surface area contributed by atoms with Crippen LogP contribution in [0.15, 0.2) is 36.4 Å². The van der Waals surface area contributed by atoms with Crippen LogP contribution >= 0.6 is 0 Å². The highest BCUT2D eigenvalue weighted by atomic mass is 16.5. The van der Waals surface area contributed by atoms with E-state index in [2.05, 4.69) is 57.2 Å². The summed E-state index contributed by atoms with van der Waals surface area (Å²) in [5.41, 5.74) is 7.50. The molecule has 212 valence electrons. The summed E-state index contributed by atoms with van der Waals surface area (Å²) < 4.78 is 11.5. The standard InChI is InChI=1S/C34H46O5/c1-8-22-14-28(15-23(9-2)31(22)35)34(7,29-16-24(10-3)32(36)26(18-29)20-38-12-5)30-17-25(11-4)33(37)27(19-30)21-39-13-6/h14-19,35-37H,8-13,20-21H2,1-7H3. The van der Waals surface area contributed by atoms with Crippen molar-refractivity contribution in [1.29, 1.82) is 0 Å². The van der Waals surface area contributed by atoms with E-state index in [0.29, 0.717) is 57.9 Å². The van der Waals surface area contributed by atoms with Crippen LogP contribution in [0.5, 0.6) is 17.2 Å². The summed E-state index contributed by atoms with van der Waals surface area (Å²) in [6.45, 7) is 16.0. The van der Waals surface area contributed by atoms with Crippen LogP contribution in [0, 0.1) is 0 Å². The zero-order chi connectivity index (χ0) is 28.7. The van der Waals surface area contributed by atoms with E-state index in [0.717, 1.165) is 50.1 Å². The number of phenolic OH excluding ortho intramolecular Hbond substituents is 3. The monoisotopic (exact) mass is 534 g/mol. The third-order valence-corrected chi connectivity index (χ3v) is 7.98. The molecule has 0 bridgehead atoms. The molecule has 0 unspecified atom stereocenters. The predicted molar refractivity (Wildman–Crippen MR) is 158 cm³/mol. The molecule has 0 amide bonds. The largest absolute Gasteiger partial charge is 0.507 e. The van der Waals surface area contributed by atoms with Crippen molar-refractivity contribution in [2.75, 3.05) is 13.2 Å². The third-order valence-electron chi connectivity index (χ3n) is 7.98. The lowest BCUT2D eigenvalue weighted by molar-refractivity contribution is 0.132. The first-order valence-electron chi connectivity index (χ1n) is 14.4. The SMILES string of the molecule is CCOCc1cc(C(C)(c2cc(CC)c(O)c(CC)c2)c2cc(CC)c(O)c(COCC)c2)cc(CC)c1O. The molecule has 0 radical (unpaired) electrons. The van der Waals surface area contributed by atoms with E-state index in [4.69, 9.17) is 9.47 Å². The van der Waals surface area contributed by atoms with Crippen LogP contribution in [0.4, 0.5) is 0 Å². The third kappa shape index (κ3) is 6.10. The minimum Gasteiger partial charge on any atom is -0.507 e. The molecule has 3 aromatic rings. The molecule has 0 atom stereocenters. The number of aromatic hydroxyl groups is 3. The molecule has 0 saturated heterocycles. The van der Waals surface area contributed by atoms with E-state index in [1.807, 2.05) is 27.7 Å². The number of hydrogen-bond acceptors (Lipinski definition) is 5. The van der Waals surface area contributed by atoms with Gasteiger partial charge in [-0.1, -0.05) is 52.0 Å². The summed E-state index contributed by atoms with van der Waals surface area (Å²) >= 11 is 0. The Labute approximate surface area is 234 Å². The highest BCUT2D eigenvalue weighted by Crippen LogP contribution is 2.45. The Bertz CT molecular complexity index is 1190. The molecule has 0 saturated carbocycles. The maximum absolute atomic E-state index is 11.0. The second-order valence-electron chi connectivity index (χ2n) is 10.2. The van der Waals surface area contributed by atoms with Crippen molar-refractivity contribution in [3.8, 4) is 17.2 Å². The van der Waals surface area contributed by atoms with Crippen molar-refractivity contribution in [1.82, 2.24) is 0 Å². The van der Waals surface area contributed by atoms with Gasteiger partial charge in [-0.25, -0.2) is 0 Å². The van der Waals surface area contributed by atoms with E-state index < -0.39 is 5.41 Å². The van der Waals surface area contributed by atoms with Crippen LogP contribution in [-0.4, -0.2) is 28.5 Å². The molecule has 39 heavy (non-hydrogen) atoms. The maximum Gasteiger partial charge on any atom is 0.124 e. The summed E-state index contributed by atoms with van der Waals surface area (Å²) in [7, 11) is 0. The van der Waals surface area contributed by atoms with Crippen molar-refractivity contribution in [3.05, 3.63) is 86.5 Å². The topological polar surface area (TPSA) is 79.2 Å². The summed E-state index contributed by atoms with van der Waals surface area (Å²) in [5.74, 6) is 0.923. The number of hydrogen-bond donors (Lipinski definition) is 3. The summed E-state index contributed by atoms with van der Waals surface area (Å²) in [6, 6.07) is 12.5. The van der Waals surface area contributed by atoms with Crippen LogP contribution in [0.3, 0.4) is 0 Å². The van der Waals surface area contributed by atoms with Crippen molar-refractivity contribution in [3.63, 3.8) is 0 Å². The molecule has 0 fully saturated rings. The molecule has 3 N–H and O–H groups in total. The molecule has 5 heteroatoms. The van der Waals surface area contributed by atoms with E-state index >= 15 is 0 Å². The van der Waals surface area contributed by atoms with E-state index in [9.17, 15) is 15.3 Å². The Morgan fingerprint density at radius 1 is 0.487 bits per heavy atom. The first kappa shape index (κ1) is 30.5. The van der Waals surface area contributed by atoms with Gasteiger partial charge in [0.25, 0.3) is 0 Å². The number of benzene rings is 3. The molecule has 0 aliphatic carbocycles. The van der Waals surface area contributed by atoms with Gasteiger partial charge in [-0.15, -0.1) is 0 Å². The molecular weight excluding hydrogens is 488 g/mol. The minimum atomic E-state index is -0.654. The second kappa shape index (κ2) is 13.4. The first-order chi connectivity index (χ1) is 18.7. The fourth-order valence-corrected chi connectivity index (χ4v) is 5.37. The number of aryl methyl sites for hydroxylation is 4. The average Bonchev–Trinajstić information content (AvgIpc) is 2.95. The Morgan fingerprint density at radius 2 is 0.744 bits per heavy atom. The molecule has 0 spiro atoms. The van der Waals surface area contributed by atoms with Crippen molar-refractivity contribution < 1.29 is 24.8 Å². The van der Waals surface area contributed by atoms with Crippen LogP contribution < -0.4 is 0 Å². The van der Waals surface area contributed by atoms with Gasteiger partial charge in [0.2, 0.25) is 0 Å². The molecule has 0 heterocycles. The van der Waals surface area contributed by atoms with Gasteiger partial charge in [0, 0.05) is 29.8 Å². The van der Waals surface area contributed by atoms with Gasteiger partial charge in [-0.3, -0.25) is 0 Å². The second-order valence-corrected chi connectivity index (χ2v) is 10.2. The van der Waals surface area contributed by atoms with Gasteiger partial charge in [-0.2, -0.15) is 0 Å². The Hall–Kier alpha value is -3.02. The molecular formula is C34H46O5. The summed E-state index contributed by atoms with van der Waals surface area (Å²) in [6.07, 6.45) is 2.77. The molecule has 0 aliphatic rings. The van der Waals surface area contributed by atoms with Crippen LogP contribution in [-0.2, 0) is 53.8 Å². The fourth-order valence-electron chi connectivity index (χ4n) is 5.37. The molecule has 3 aromatic carbocycles. The normalized spacial score (nSPS) is 11.8. The first-order valence-corrected chi connectivity index (χ1v) is 14.4. The minimum absolute atomic E-state index is 0.281. The van der Waals surface area contributed by atoms with Gasteiger partial charge >= 0.3 is 0 Å². The lowest BCUT2D eigenvalue weighted by atomic mass is 9.68.